The molecule has 0 saturated carbocycles. The minimum Gasteiger partial charge on any atom is -0.383 e. The Morgan fingerprint density at radius 2 is 2.08 bits per heavy atom. The molecule has 0 aliphatic heterocycles. The average Bonchev–Trinajstić information content (AvgIpc) is 2.10. The molecule has 0 fully saturated rings. The lowest BCUT2D eigenvalue weighted by Crippen LogP contribution is -2.39. The molecule has 3 nitrogen and oxygen atoms in total. The van der Waals surface area contributed by atoms with Gasteiger partial charge in [0.25, 0.3) is 0 Å². The van der Waals surface area contributed by atoms with Crippen LogP contribution in [0.4, 0.5) is 0 Å². The van der Waals surface area contributed by atoms with Crippen molar-refractivity contribution in [1.29, 1.82) is 0 Å². The predicted octanol–water partition coefficient (Wildman–Crippen LogP) is 0.984. The van der Waals surface area contributed by atoms with E-state index in [4.69, 9.17) is 10.5 Å². The van der Waals surface area contributed by atoms with Crippen LogP contribution < -0.4 is 11.1 Å². The fourth-order valence-electron chi connectivity index (χ4n) is 1.73. The first-order chi connectivity index (χ1) is 6.15. The Morgan fingerprint density at radius 1 is 1.46 bits per heavy atom. The molecule has 0 aliphatic rings. The molecule has 3 atom stereocenters. The number of rotatable bonds is 7. The third kappa shape index (κ3) is 5.24. The number of hydrogen-bond donors (Lipinski definition) is 2. The van der Waals surface area contributed by atoms with Crippen LogP contribution in [0, 0.1) is 5.92 Å². The Balaban J connectivity index is 4.00. The zero-order valence-corrected chi connectivity index (χ0v) is 9.34. The lowest BCUT2D eigenvalue weighted by Gasteiger charge is -2.26. The third-order valence-electron chi connectivity index (χ3n) is 2.48. The van der Waals surface area contributed by atoms with Crippen LogP contribution in [0.5, 0.6) is 0 Å². The molecule has 2 unspecified atom stereocenters. The molecular formula is C10H24N2O. The third-order valence-corrected chi connectivity index (χ3v) is 2.48. The summed E-state index contributed by atoms with van der Waals surface area (Å²) >= 11 is 0. The highest BCUT2D eigenvalue weighted by Gasteiger charge is 2.19. The van der Waals surface area contributed by atoms with E-state index in [-0.39, 0.29) is 6.04 Å². The summed E-state index contributed by atoms with van der Waals surface area (Å²) in [6, 6.07) is 0.707. The van der Waals surface area contributed by atoms with Crippen LogP contribution in [-0.4, -0.2) is 32.8 Å². The molecule has 3 N–H and O–H groups in total. The fourth-order valence-corrected chi connectivity index (χ4v) is 1.73. The van der Waals surface area contributed by atoms with E-state index in [0.29, 0.717) is 12.0 Å². The van der Waals surface area contributed by atoms with Gasteiger partial charge in [0.1, 0.15) is 0 Å². The molecule has 80 valence electrons. The van der Waals surface area contributed by atoms with Crippen LogP contribution in [0.25, 0.3) is 0 Å². The predicted molar refractivity (Wildman–Crippen MR) is 56.8 cm³/mol. The molecule has 0 aromatic rings. The Morgan fingerprint density at radius 3 is 2.38 bits per heavy atom. The minimum atomic E-state index is 0.276. The standard InChI is InChI=1S/C10H24N2O/c1-5-9(6-8(2)11)10(12-3)7-13-4/h8-10,12H,5-7,11H2,1-4H3/t8?,9-,10?/m1/s1. The molecular weight excluding hydrogens is 164 g/mol. The first-order valence-corrected chi connectivity index (χ1v) is 5.07. The maximum absolute atomic E-state index is 5.79. The van der Waals surface area contributed by atoms with E-state index >= 15 is 0 Å². The summed E-state index contributed by atoms with van der Waals surface area (Å²) in [5, 5.41) is 3.28. The van der Waals surface area contributed by atoms with Crippen molar-refractivity contribution in [2.24, 2.45) is 11.7 Å². The van der Waals surface area contributed by atoms with Crippen molar-refractivity contribution in [3.05, 3.63) is 0 Å². The first kappa shape index (κ1) is 12.9. The molecule has 0 heterocycles. The molecule has 0 rings (SSSR count). The maximum atomic E-state index is 5.79. The smallest absolute Gasteiger partial charge is 0.0618 e. The van der Waals surface area contributed by atoms with Gasteiger partial charge in [-0.05, 0) is 26.3 Å². The van der Waals surface area contributed by atoms with E-state index in [1.807, 2.05) is 7.05 Å². The molecule has 0 radical (unpaired) electrons. The lowest BCUT2D eigenvalue weighted by molar-refractivity contribution is 0.137. The number of methoxy groups -OCH3 is 1. The second-order valence-electron chi connectivity index (χ2n) is 3.73. The summed E-state index contributed by atoms with van der Waals surface area (Å²) < 4.78 is 5.16. The van der Waals surface area contributed by atoms with Crippen molar-refractivity contribution in [2.75, 3.05) is 20.8 Å². The average molecular weight is 188 g/mol. The van der Waals surface area contributed by atoms with Crippen molar-refractivity contribution < 1.29 is 4.74 Å². The second-order valence-corrected chi connectivity index (χ2v) is 3.73. The lowest BCUT2D eigenvalue weighted by atomic mass is 9.91. The van der Waals surface area contributed by atoms with Gasteiger partial charge in [0, 0.05) is 19.2 Å². The van der Waals surface area contributed by atoms with Crippen LogP contribution in [-0.2, 0) is 4.74 Å². The van der Waals surface area contributed by atoms with Gasteiger partial charge in [-0.2, -0.15) is 0 Å². The SMILES string of the molecule is CC[C@H](CC(C)N)C(COC)NC. The zero-order chi connectivity index (χ0) is 10.3. The van der Waals surface area contributed by atoms with E-state index in [0.717, 1.165) is 19.4 Å². The highest BCUT2D eigenvalue weighted by atomic mass is 16.5. The number of nitrogens with two attached hydrogens (primary N) is 1. The van der Waals surface area contributed by atoms with E-state index in [1.54, 1.807) is 7.11 Å². The summed E-state index contributed by atoms with van der Waals surface area (Å²) in [7, 11) is 3.72. The molecule has 0 saturated heterocycles. The maximum Gasteiger partial charge on any atom is 0.0618 e. The quantitative estimate of drug-likeness (QED) is 0.626. The highest BCUT2D eigenvalue weighted by Crippen LogP contribution is 2.15. The molecule has 0 amide bonds. The van der Waals surface area contributed by atoms with E-state index in [2.05, 4.69) is 19.2 Å². The summed E-state index contributed by atoms with van der Waals surface area (Å²) in [5.74, 6) is 0.616. The Labute approximate surface area is 82.0 Å². The van der Waals surface area contributed by atoms with E-state index in [9.17, 15) is 0 Å². The van der Waals surface area contributed by atoms with Gasteiger partial charge in [0.2, 0.25) is 0 Å². The van der Waals surface area contributed by atoms with Gasteiger partial charge in [0.15, 0.2) is 0 Å². The van der Waals surface area contributed by atoms with Crippen molar-refractivity contribution in [1.82, 2.24) is 5.32 Å². The van der Waals surface area contributed by atoms with E-state index < -0.39 is 0 Å². The Kier molecular flexibility index (Phi) is 7.23. The number of likely N-dealkylation sites (N-methyl/N-ethyl adjacent to an activating group) is 1. The van der Waals surface area contributed by atoms with Crippen molar-refractivity contribution >= 4 is 0 Å². The summed E-state index contributed by atoms with van der Waals surface area (Å²) in [4.78, 5) is 0. The fraction of sp³-hybridized carbons (Fsp3) is 1.00. The van der Waals surface area contributed by atoms with Crippen molar-refractivity contribution in [2.45, 2.75) is 38.8 Å². The monoisotopic (exact) mass is 188 g/mol. The van der Waals surface area contributed by atoms with Gasteiger partial charge in [-0.1, -0.05) is 13.3 Å². The van der Waals surface area contributed by atoms with Gasteiger partial charge >= 0.3 is 0 Å². The second kappa shape index (κ2) is 7.30. The van der Waals surface area contributed by atoms with Gasteiger partial charge < -0.3 is 15.8 Å². The van der Waals surface area contributed by atoms with Crippen LogP contribution >= 0.6 is 0 Å². The van der Waals surface area contributed by atoms with Crippen LogP contribution in [0.3, 0.4) is 0 Å². The Hall–Kier alpha value is -0.120. The van der Waals surface area contributed by atoms with Crippen LogP contribution in [0.15, 0.2) is 0 Å². The largest absolute Gasteiger partial charge is 0.383 e. The summed E-state index contributed by atoms with van der Waals surface area (Å²) in [6.07, 6.45) is 2.21. The van der Waals surface area contributed by atoms with Crippen LogP contribution in [0.2, 0.25) is 0 Å². The number of hydrogen-bond acceptors (Lipinski definition) is 3. The Bertz CT molecular complexity index is 117. The molecule has 0 bridgehead atoms. The first-order valence-electron chi connectivity index (χ1n) is 5.07. The topological polar surface area (TPSA) is 47.3 Å². The summed E-state index contributed by atoms with van der Waals surface area (Å²) in [6.45, 7) is 5.02. The molecule has 0 aliphatic carbocycles. The molecule has 0 aromatic heterocycles. The van der Waals surface area contributed by atoms with Gasteiger partial charge in [0.05, 0.1) is 6.61 Å². The molecule has 3 heteroatoms. The molecule has 0 spiro atoms. The highest BCUT2D eigenvalue weighted by molar-refractivity contribution is 4.76. The zero-order valence-electron chi connectivity index (χ0n) is 9.34. The van der Waals surface area contributed by atoms with Gasteiger partial charge in [-0.25, -0.2) is 0 Å². The normalized spacial score (nSPS) is 18.2. The van der Waals surface area contributed by atoms with Gasteiger partial charge in [-0.15, -0.1) is 0 Å². The van der Waals surface area contributed by atoms with Crippen molar-refractivity contribution in [3.63, 3.8) is 0 Å². The van der Waals surface area contributed by atoms with Crippen LogP contribution in [0.1, 0.15) is 26.7 Å². The van der Waals surface area contributed by atoms with E-state index in [1.165, 1.54) is 0 Å². The summed E-state index contributed by atoms with van der Waals surface area (Å²) in [5.41, 5.74) is 5.79. The van der Waals surface area contributed by atoms with Crippen molar-refractivity contribution in [3.8, 4) is 0 Å². The van der Waals surface area contributed by atoms with Gasteiger partial charge in [-0.3, -0.25) is 0 Å². The number of ether oxygens (including phenoxy) is 1. The minimum absolute atomic E-state index is 0.276. The molecule has 13 heavy (non-hydrogen) atoms. The molecule has 0 aromatic carbocycles. The number of nitrogens with one attached hydrogen (secondary N) is 1.